The van der Waals surface area contributed by atoms with Crippen LogP contribution in [0.2, 0.25) is 0 Å². The van der Waals surface area contributed by atoms with Crippen LogP contribution < -0.4 is 5.32 Å². The maximum Gasteiger partial charge on any atom is 0.326 e. The zero-order valence-electron chi connectivity index (χ0n) is 10.5. The minimum Gasteiger partial charge on any atom is -0.480 e. The summed E-state index contributed by atoms with van der Waals surface area (Å²) in [6, 6.07) is 0.139. The standard InChI is InChI=1S/C11H14N2O5S/c1-6(2)3-8(11(15)16)12-10(14)7-4-9(13(17)18)19-5-7/h4-6,8H,3H2,1-2H3,(H,12,14)(H,15,16). The van der Waals surface area contributed by atoms with Crippen LogP contribution in [0.15, 0.2) is 11.4 Å². The Morgan fingerprint density at radius 1 is 1.53 bits per heavy atom. The molecule has 1 unspecified atom stereocenters. The van der Waals surface area contributed by atoms with E-state index in [-0.39, 0.29) is 16.5 Å². The van der Waals surface area contributed by atoms with Crippen molar-refractivity contribution in [3.05, 3.63) is 27.1 Å². The van der Waals surface area contributed by atoms with Gasteiger partial charge in [0, 0.05) is 11.4 Å². The van der Waals surface area contributed by atoms with E-state index >= 15 is 0 Å². The van der Waals surface area contributed by atoms with Gasteiger partial charge >= 0.3 is 11.0 Å². The number of hydrogen-bond donors (Lipinski definition) is 2. The molecule has 1 aromatic rings. The summed E-state index contributed by atoms with van der Waals surface area (Å²) in [5, 5.41) is 23.0. The number of carbonyl (C=O) groups is 2. The molecular formula is C11H14N2O5S. The average molecular weight is 286 g/mol. The van der Waals surface area contributed by atoms with Crippen molar-refractivity contribution in [2.75, 3.05) is 0 Å². The number of nitro groups is 1. The maximum absolute atomic E-state index is 11.8. The lowest BCUT2D eigenvalue weighted by atomic mass is 10.0. The number of hydrogen-bond acceptors (Lipinski definition) is 5. The van der Waals surface area contributed by atoms with Crippen molar-refractivity contribution in [2.45, 2.75) is 26.3 Å². The molecule has 0 saturated carbocycles. The molecule has 0 fully saturated rings. The molecule has 1 amide bonds. The number of carbonyl (C=O) groups excluding carboxylic acids is 1. The number of carboxylic acid groups (broad SMARTS) is 1. The van der Waals surface area contributed by atoms with Gasteiger partial charge in [-0.05, 0) is 12.3 Å². The summed E-state index contributed by atoms with van der Waals surface area (Å²) in [6.45, 7) is 3.69. The zero-order valence-corrected chi connectivity index (χ0v) is 11.3. The number of amides is 1. The Kier molecular flexibility index (Phi) is 4.99. The van der Waals surface area contributed by atoms with E-state index in [0.29, 0.717) is 6.42 Å². The predicted octanol–water partition coefficient (Wildman–Crippen LogP) is 1.89. The largest absolute Gasteiger partial charge is 0.480 e. The van der Waals surface area contributed by atoms with Gasteiger partial charge in [0.1, 0.15) is 6.04 Å². The molecule has 0 saturated heterocycles. The van der Waals surface area contributed by atoms with Gasteiger partial charge < -0.3 is 10.4 Å². The molecule has 8 heteroatoms. The fraction of sp³-hybridized carbons (Fsp3) is 0.455. The second kappa shape index (κ2) is 6.28. The van der Waals surface area contributed by atoms with E-state index in [2.05, 4.69) is 5.32 Å². The van der Waals surface area contributed by atoms with Gasteiger partial charge in [-0.2, -0.15) is 0 Å². The van der Waals surface area contributed by atoms with Crippen LogP contribution in [0.25, 0.3) is 0 Å². The lowest BCUT2D eigenvalue weighted by molar-refractivity contribution is -0.380. The van der Waals surface area contributed by atoms with Crippen molar-refractivity contribution in [1.82, 2.24) is 5.32 Å². The highest BCUT2D eigenvalue weighted by Crippen LogP contribution is 2.22. The molecule has 0 aliphatic carbocycles. The number of nitrogens with zero attached hydrogens (tertiary/aromatic N) is 1. The molecule has 0 aliphatic rings. The minimum atomic E-state index is -1.12. The van der Waals surface area contributed by atoms with Gasteiger partial charge in [0.15, 0.2) is 0 Å². The molecule has 0 radical (unpaired) electrons. The van der Waals surface area contributed by atoms with Crippen molar-refractivity contribution in [1.29, 1.82) is 0 Å². The van der Waals surface area contributed by atoms with Crippen molar-refractivity contribution in [3.8, 4) is 0 Å². The van der Waals surface area contributed by atoms with Crippen LogP contribution in [0.1, 0.15) is 30.6 Å². The molecule has 1 atom stereocenters. The SMILES string of the molecule is CC(C)CC(NC(=O)c1csc([N+](=O)[O-])c1)C(=O)O. The second-order valence-electron chi connectivity index (χ2n) is 4.42. The first-order valence-corrected chi connectivity index (χ1v) is 6.45. The van der Waals surface area contributed by atoms with Gasteiger partial charge in [0.2, 0.25) is 0 Å². The highest BCUT2D eigenvalue weighted by molar-refractivity contribution is 7.13. The average Bonchev–Trinajstić information content (AvgIpc) is 2.76. The predicted molar refractivity (Wildman–Crippen MR) is 69.3 cm³/mol. The lowest BCUT2D eigenvalue weighted by Crippen LogP contribution is -2.41. The van der Waals surface area contributed by atoms with E-state index in [1.54, 1.807) is 0 Å². The fourth-order valence-electron chi connectivity index (χ4n) is 1.47. The third-order valence-corrected chi connectivity index (χ3v) is 3.22. The Morgan fingerprint density at radius 3 is 2.58 bits per heavy atom. The molecule has 0 spiro atoms. The van der Waals surface area contributed by atoms with Gasteiger partial charge in [-0.15, -0.1) is 0 Å². The Hall–Kier alpha value is -1.96. The smallest absolute Gasteiger partial charge is 0.326 e. The number of thiophene rings is 1. The molecule has 7 nitrogen and oxygen atoms in total. The van der Waals surface area contributed by atoms with Gasteiger partial charge in [-0.25, -0.2) is 4.79 Å². The van der Waals surface area contributed by atoms with E-state index in [9.17, 15) is 19.7 Å². The zero-order chi connectivity index (χ0) is 14.6. The van der Waals surface area contributed by atoms with Crippen molar-refractivity contribution >= 4 is 28.2 Å². The highest BCUT2D eigenvalue weighted by atomic mass is 32.1. The minimum absolute atomic E-state index is 0.103. The Labute approximate surface area is 113 Å². The summed E-state index contributed by atoms with van der Waals surface area (Å²) in [5.74, 6) is -1.62. The molecule has 1 rings (SSSR count). The van der Waals surface area contributed by atoms with Gasteiger partial charge in [0.25, 0.3) is 5.91 Å². The first kappa shape index (κ1) is 15.1. The van der Waals surface area contributed by atoms with Gasteiger partial charge in [0.05, 0.1) is 10.5 Å². The monoisotopic (exact) mass is 286 g/mol. The summed E-state index contributed by atoms with van der Waals surface area (Å²) in [5.41, 5.74) is 0.103. The molecule has 0 aromatic carbocycles. The fourth-order valence-corrected chi connectivity index (χ4v) is 2.18. The van der Waals surface area contributed by atoms with E-state index in [0.717, 1.165) is 17.4 Å². The molecule has 0 bridgehead atoms. The number of rotatable bonds is 6. The van der Waals surface area contributed by atoms with Crippen LogP contribution in [0.4, 0.5) is 5.00 Å². The van der Waals surface area contributed by atoms with Crippen molar-refractivity contribution in [3.63, 3.8) is 0 Å². The van der Waals surface area contributed by atoms with Crippen LogP contribution in [0.3, 0.4) is 0 Å². The first-order valence-electron chi connectivity index (χ1n) is 5.58. The van der Waals surface area contributed by atoms with Crippen LogP contribution in [0.5, 0.6) is 0 Å². The van der Waals surface area contributed by atoms with E-state index < -0.39 is 22.8 Å². The Morgan fingerprint density at radius 2 is 2.16 bits per heavy atom. The summed E-state index contributed by atoms with van der Waals surface area (Å²) >= 11 is 0.828. The van der Waals surface area contributed by atoms with Crippen LogP contribution in [-0.4, -0.2) is 27.9 Å². The topological polar surface area (TPSA) is 110 Å². The normalized spacial score (nSPS) is 12.2. The summed E-state index contributed by atoms with van der Waals surface area (Å²) in [6.07, 6.45) is 0.299. The highest BCUT2D eigenvalue weighted by Gasteiger charge is 2.23. The second-order valence-corrected chi connectivity index (χ2v) is 5.31. The van der Waals surface area contributed by atoms with E-state index in [4.69, 9.17) is 5.11 Å². The number of nitrogens with one attached hydrogen (secondary N) is 1. The van der Waals surface area contributed by atoms with Crippen LogP contribution in [0, 0.1) is 16.0 Å². The van der Waals surface area contributed by atoms with Crippen molar-refractivity contribution < 1.29 is 19.6 Å². The maximum atomic E-state index is 11.8. The van der Waals surface area contributed by atoms with E-state index in [1.165, 1.54) is 5.38 Å². The number of aliphatic carboxylic acids is 1. The summed E-state index contributed by atoms with van der Waals surface area (Å²) < 4.78 is 0. The molecule has 19 heavy (non-hydrogen) atoms. The molecule has 0 aliphatic heterocycles. The van der Waals surface area contributed by atoms with Gasteiger partial charge in [-0.3, -0.25) is 14.9 Å². The Balaban J connectivity index is 2.75. The quantitative estimate of drug-likeness (QED) is 0.613. The summed E-state index contributed by atoms with van der Waals surface area (Å²) in [7, 11) is 0. The van der Waals surface area contributed by atoms with E-state index in [1.807, 2.05) is 13.8 Å². The van der Waals surface area contributed by atoms with Gasteiger partial charge in [-0.1, -0.05) is 25.2 Å². The molecule has 1 heterocycles. The third kappa shape index (κ3) is 4.32. The molecular weight excluding hydrogens is 272 g/mol. The van der Waals surface area contributed by atoms with Crippen LogP contribution >= 0.6 is 11.3 Å². The first-order chi connectivity index (χ1) is 8.81. The number of carboxylic acids is 1. The molecule has 104 valence electrons. The Bertz CT molecular complexity index is 497. The van der Waals surface area contributed by atoms with Crippen molar-refractivity contribution in [2.24, 2.45) is 5.92 Å². The molecule has 1 aromatic heterocycles. The van der Waals surface area contributed by atoms with Crippen LogP contribution in [-0.2, 0) is 4.79 Å². The lowest BCUT2D eigenvalue weighted by Gasteiger charge is -2.15. The molecule has 2 N–H and O–H groups in total. The summed E-state index contributed by atoms with van der Waals surface area (Å²) in [4.78, 5) is 32.7. The third-order valence-electron chi connectivity index (χ3n) is 2.34.